The fourth-order valence-electron chi connectivity index (χ4n) is 5.14. The predicted octanol–water partition coefficient (Wildman–Crippen LogP) is 6.60. The lowest BCUT2D eigenvalue weighted by Gasteiger charge is -2.32. The number of aliphatic hydroxyl groups excluding tert-OH is 1. The Morgan fingerprint density at radius 2 is 1.00 bits per heavy atom. The van der Waals surface area contributed by atoms with Gasteiger partial charge in [-0.05, 0) is 24.1 Å². The summed E-state index contributed by atoms with van der Waals surface area (Å²) in [6, 6.07) is 44.0. The van der Waals surface area contributed by atoms with E-state index in [-0.39, 0.29) is 12.2 Å². The first kappa shape index (κ1) is 28.9. The molecule has 0 amide bonds. The number of hydrogen-bond acceptors (Lipinski definition) is 5. The molecule has 5 aromatic rings. The van der Waals surface area contributed by atoms with Gasteiger partial charge >= 0.3 is 5.97 Å². The highest BCUT2D eigenvalue weighted by Crippen LogP contribution is 2.52. The van der Waals surface area contributed by atoms with Crippen LogP contribution in [0.25, 0.3) is 0 Å². The molecule has 0 aliphatic carbocycles. The maximum Gasteiger partial charge on any atom is 0.338 e. The zero-order chi connectivity index (χ0) is 29.4. The molecule has 5 nitrogen and oxygen atoms in total. The predicted molar refractivity (Wildman–Crippen MR) is 166 cm³/mol. The fourth-order valence-corrected chi connectivity index (χ4v) is 8.38. The van der Waals surface area contributed by atoms with Crippen molar-refractivity contribution >= 4 is 29.5 Å². The summed E-state index contributed by atoms with van der Waals surface area (Å²) in [5.41, 5.74) is 0.150. The molecule has 3 atom stereocenters. The number of aliphatic hydroxyl groups is 1. The van der Waals surface area contributed by atoms with Crippen LogP contribution in [0.4, 0.5) is 0 Å². The van der Waals surface area contributed by atoms with E-state index in [4.69, 9.17) is 4.74 Å². The Balaban J connectivity index is 1.60. The molecule has 0 bridgehead atoms. The van der Waals surface area contributed by atoms with Crippen LogP contribution >= 0.6 is 7.14 Å². The second kappa shape index (κ2) is 13.4. The maximum absolute atomic E-state index is 15.4. The van der Waals surface area contributed by atoms with E-state index in [9.17, 15) is 14.7 Å². The number of rotatable bonds is 11. The van der Waals surface area contributed by atoms with Gasteiger partial charge in [0.05, 0.1) is 17.3 Å². The van der Waals surface area contributed by atoms with Gasteiger partial charge < -0.3 is 14.4 Å². The van der Waals surface area contributed by atoms with Gasteiger partial charge in [-0.2, -0.15) is 0 Å². The average Bonchev–Trinajstić information content (AvgIpc) is 3.07. The summed E-state index contributed by atoms with van der Waals surface area (Å²) in [6.45, 7) is 0. The van der Waals surface area contributed by atoms with E-state index in [1.54, 1.807) is 127 Å². The largest absolute Gasteiger partial charge is 0.451 e. The number of ether oxygens (including phenoxy) is 1. The van der Waals surface area contributed by atoms with Gasteiger partial charge in [-0.25, -0.2) is 4.79 Å². The van der Waals surface area contributed by atoms with Gasteiger partial charge in [-0.1, -0.05) is 140 Å². The minimum Gasteiger partial charge on any atom is -0.451 e. The molecule has 0 radical (unpaired) electrons. The summed E-state index contributed by atoms with van der Waals surface area (Å²) in [5.74, 6) is -0.962. The van der Waals surface area contributed by atoms with Crippen LogP contribution in [-0.4, -0.2) is 28.6 Å². The molecular formula is C36H31O5P. The molecule has 0 saturated heterocycles. The molecule has 5 aromatic carbocycles. The second-order valence-corrected chi connectivity index (χ2v) is 13.0. The van der Waals surface area contributed by atoms with E-state index in [0.29, 0.717) is 27.3 Å². The first-order chi connectivity index (χ1) is 20.5. The van der Waals surface area contributed by atoms with E-state index in [2.05, 4.69) is 0 Å². The topological polar surface area (TPSA) is 80.7 Å². The Labute approximate surface area is 245 Å². The van der Waals surface area contributed by atoms with E-state index < -0.39 is 31.0 Å². The van der Waals surface area contributed by atoms with Crippen molar-refractivity contribution < 1.29 is 24.0 Å². The lowest BCUT2D eigenvalue weighted by atomic mass is 9.97. The normalized spacial score (nSPS) is 13.5. The molecule has 42 heavy (non-hydrogen) atoms. The van der Waals surface area contributed by atoms with E-state index >= 15 is 4.57 Å². The van der Waals surface area contributed by atoms with Gasteiger partial charge in [0.15, 0.2) is 19.0 Å². The molecule has 210 valence electrons. The van der Waals surface area contributed by atoms with Crippen LogP contribution in [-0.2, 0) is 9.30 Å². The van der Waals surface area contributed by atoms with Crippen LogP contribution in [0.2, 0.25) is 0 Å². The zero-order valence-electron chi connectivity index (χ0n) is 22.9. The van der Waals surface area contributed by atoms with E-state index in [1.165, 1.54) is 0 Å². The third kappa shape index (κ3) is 6.33. The van der Waals surface area contributed by atoms with Crippen molar-refractivity contribution in [3.05, 3.63) is 168 Å². The first-order valence-corrected chi connectivity index (χ1v) is 15.6. The molecule has 0 fully saturated rings. The Hall–Kier alpha value is -4.57. The Kier molecular flexibility index (Phi) is 9.23. The van der Waals surface area contributed by atoms with Crippen molar-refractivity contribution in [1.82, 2.24) is 0 Å². The number of ketones is 1. The maximum atomic E-state index is 15.4. The Morgan fingerprint density at radius 3 is 1.48 bits per heavy atom. The lowest BCUT2D eigenvalue weighted by Crippen LogP contribution is -2.37. The van der Waals surface area contributed by atoms with Crippen molar-refractivity contribution in [3.63, 3.8) is 0 Å². The highest BCUT2D eigenvalue weighted by atomic mass is 31.2. The smallest absolute Gasteiger partial charge is 0.338 e. The summed E-state index contributed by atoms with van der Waals surface area (Å²) in [7, 11) is -3.68. The lowest BCUT2D eigenvalue weighted by molar-refractivity contribution is -0.0221. The fraction of sp³-hybridized carbons (Fsp3) is 0.111. The van der Waals surface area contributed by atoms with Crippen LogP contribution in [0.1, 0.15) is 38.8 Å². The quantitative estimate of drug-likeness (QED) is 0.109. The average molecular weight is 575 g/mol. The third-order valence-corrected chi connectivity index (χ3v) is 10.7. The molecule has 0 saturated carbocycles. The van der Waals surface area contributed by atoms with Gasteiger partial charge in [0.25, 0.3) is 0 Å². The summed E-state index contributed by atoms with van der Waals surface area (Å²) in [5, 5.41) is 12.8. The SMILES string of the molecule is O=C(O[C@@H](c1ccccc1)[C@@H](O)CC(C(=O)c1ccccc1)P(=O)(c1ccccc1)c1ccccc1)c1ccccc1. The first-order valence-electron chi connectivity index (χ1n) is 13.8. The molecule has 5 rings (SSSR count). The molecule has 6 heteroatoms. The highest BCUT2D eigenvalue weighted by molar-refractivity contribution is 7.80. The number of Topliss-reactive ketones (excluding diaryl/α,β-unsaturated/α-hetero) is 1. The van der Waals surface area contributed by atoms with E-state index in [1.807, 2.05) is 24.3 Å². The van der Waals surface area contributed by atoms with Gasteiger partial charge in [-0.3, -0.25) is 4.79 Å². The number of esters is 1. The van der Waals surface area contributed by atoms with Crippen molar-refractivity contribution in [2.45, 2.75) is 24.3 Å². The second-order valence-electron chi connectivity index (χ2n) is 9.98. The molecule has 0 aliphatic heterocycles. The monoisotopic (exact) mass is 574 g/mol. The molecule has 0 aliphatic rings. The third-order valence-electron chi connectivity index (χ3n) is 7.27. The van der Waals surface area contributed by atoms with Crippen LogP contribution in [0.15, 0.2) is 152 Å². The number of carbonyl (C=O) groups excluding carboxylic acids is 2. The summed E-state index contributed by atoms with van der Waals surface area (Å²) >= 11 is 0. The van der Waals surface area contributed by atoms with Gasteiger partial charge in [0, 0.05) is 16.2 Å². The Morgan fingerprint density at radius 1 is 0.595 bits per heavy atom. The molecule has 1 N–H and O–H groups in total. The van der Waals surface area contributed by atoms with Gasteiger partial charge in [0.2, 0.25) is 0 Å². The molecular weight excluding hydrogens is 543 g/mol. The summed E-state index contributed by atoms with van der Waals surface area (Å²) < 4.78 is 21.3. The minimum atomic E-state index is -3.68. The summed E-state index contributed by atoms with van der Waals surface area (Å²) in [4.78, 5) is 27.4. The van der Waals surface area contributed by atoms with Gasteiger partial charge in [-0.15, -0.1) is 0 Å². The highest BCUT2D eigenvalue weighted by Gasteiger charge is 2.44. The van der Waals surface area contributed by atoms with E-state index in [0.717, 1.165) is 0 Å². The van der Waals surface area contributed by atoms with Crippen LogP contribution in [0.5, 0.6) is 0 Å². The molecule has 0 heterocycles. The van der Waals surface area contributed by atoms with Crippen molar-refractivity contribution in [2.24, 2.45) is 0 Å². The zero-order valence-corrected chi connectivity index (χ0v) is 23.8. The number of hydrogen-bond donors (Lipinski definition) is 1. The van der Waals surface area contributed by atoms with Crippen LogP contribution in [0.3, 0.4) is 0 Å². The molecule has 0 spiro atoms. The number of carbonyl (C=O) groups is 2. The van der Waals surface area contributed by atoms with Crippen molar-refractivity contribution in [1.29, 1.82) is 0 Å². The van der Waals surface area contributed by atoms with Gasteiger partial charge in [0.1, 0.15) is 0 Å². The minimum absolute atomic E-state index is 0.212. The van der Waals surface area contributed by atoms with Crippen LogP contribution in [0, 0.1) is 0 Å². The number of benzene rings is 5. The molecule has 1 unspecified atom stereocenters. The standard InChI is InChI=1S/C36H31O5P/c37-32(35(28-18-8-2-9-19-28)41-36(39)29-20-10-3-11-21-29)26-33(34(38)27-16-6-1-7-17-27)42(40,30-22-12-4-13-23-30)31-24-14-5-15-25-31/h1-25,32-33,35,37H,26H2/t32-,33?,35-/m0/s1. The Bertz CT molecular complexity index is 1600. The van der Waals surface area contributed by atoms with Crippen molar-refractivity contribution in [2.75, 3.05) is 0 Å². The molecule has 0 aromatic heterocycles. The summed E-state index contributed by atoms with van der Waals surface area (Å²) in [6.07, 6.45) is -2.67. The van der Waals surface area contributed by atoms with Crippen molar-refractivity contribution in [3.8, 4) is 0 Å². The van der Waals surface area contributed by atoms with Crippen LogP contribution < -0.4 is 10.6 Å².